The third kappa shape index (κ3) is 4.45. The zero-order valence-corrected chi connectivity index (χ0v) is 15.0. The number of carbonyl (C=O) groups excluding carboxylic acids is 1. The molecule has 3 rings (SSSR count). The van der Waals surface area contributed by atoms with Gasteiger partial charge >= 0.3 is 0 Å². The summed E-state index contributed by atoms with van der Waals surface area (Å²) in [5.41, 5.74) is 0.752. The van der Waals surface area contributed by atoms with Gasteiger partial charge in [-0.05, 0) is 50.5 Å². The molecule has 1 aromatic carbocycles. The van der Waals surface area contributed by atoms with Crippen molar-refractivity contribution >= 4 is 39.8 Å². The van der Waals surface area contributed by atoms with E-state index in [0.717, 1.165) is 29.4 Å². The summed E-state index contributed by atoms with van der Waals surface area (Å²) in [6.07, 6.45) is 3.37. The highest BCUT2D eigenvalue weighted by Gasteiger charge is 2.23. The smallest absolute Gasteiger partial charge is 0.233 e. The molecule has 1 saturated heterocycles. The zero-order chi connectivity index (χ0) is 16.9. The maximum absolute atomic E-state index is 12.9. The number of halogens is 1. The van der Waals surface area contributed by atoms with Gasteiger partial charge in [-0.3, -0.25) is 4.79 Å². The predicted octanol–water partition coefficient (Wildman–Crippen LogP) is 3.91. The van der Waals surface area contributed by atoms with Crippen molar-refractivity contribution in [2.45, 2.75) is 36.6 Å². The molecule has 0 aliphatic carbocycles. The summed E-state index contributed by atoms with van der Waals surface area (Å²) < 4.78 is 13.6. The van der Waals surface area contributed by atoms with Crippen molar-refractivity contribution in [1.29, 1.82) is 0 Å². The Morgan fingerprint density at radius 1 is 1.38 bits per heavy atom. The third-order valence-corrected chi connectivity index (χ3v) is 5.90. The van der Waals surface area contributed by atoms with Gasteiger partial charge < -0.3 is 10.2 Å². The van der Waals surface area contributed by atoms with Crippen LogP contribution in [-0.4, -0.2) is 39.3 Å². The van der Waals surface area contributed by atoms with Crippen LogP contribution < -0.4 is 5.32 Å². The van der Waals surface area contributed by atoms with E-state index < -0.39 is 0 Å². The molecular formula is C16H19FN4OS2. The van der Waals surface area contributed by atoms with Crippen molar-refractivity contribution in [3.63, 3.8) is 0 Å². The van der Waals surface area contributed by atoms with Gasteiger partial charge in [0.05, 0.1) is 5.75 Å². The standard InChI is InChI=1S/C16H19FN4OS2/c1-11-4-2-3-9-21(11)14(22)10-23-16-20-19-15(24-16)18-13-7-5-12(17)6-8-13/h5-8,11H,2-4,9-10H2,1H3,(H,18,19)/t11-/m1/s1. The average molecular weight is 366 g/mol. The highest BCUT2D eigenvalue weighted by molar-refractivity contribution is 8.01. The van der Waals surface area contributed by atoms with E-state index >= 15 is 0 Å². The number of amides is 1. The van der Waals surface area contributed by atoms with Gasteiger partial charge in [-0.2, -0.15) is 0 Å². The molecule has 24 heavy (non-hydrogen) atoms. The first kappa shape index (κ1) is 17.2. The van der Waals surface area contributed by atoms with Crippen LogP contribution in [0.1, 0.15) is 26.2 Å². The topological polar surface area (TPSA) is 58.1 Å². The van der Waals surface area contributed by atoms with Crippen molar-refractivity contribution in [1.82, 2.24) is 15.1 Å². The van der Waals surface area contributed by atoms with Crippen LogP contribution in [0.25, 0.3) is 0 Å². The van der Waals surface area contributed by atoms with E-state index in [1.165, 1.54) is 41.7 Å². The molecule has 1 atom stereocenters. The van der Waals surface area contributed by atoms with Gasteiger partial charge in [-0.15, -0.1) is 10.2 Å². The SMILES string of the molecule is C[C@@H]1CCCCN1C(=O)CSc1nnc(Nc2ccc(F)cc2)s1. The predicted molar refractivity (Wildman–Crippen MR) is 95.3 cm³/mol. The molecule has 8 heteroatoms. The monoisotopic (exact) mass is 366 g/mol. The number of benzene rings is 1. The van der Waals surface area contributed by atoms with E-state index in [1.807, 2.05) is 4.90 Å². The number of hydrogen-bond donors (Lipinski definition) is 1. The highest BCUT2D eigenvalue weighted by Crippen LogP contribution is 2.28. The number of hydrogen-bond acceptors (Lipinski definition) is 6. The summed E-state index contributed by atoms with van der Waals surface area (Å²) in [5.74, 6) is 0.269. The summed E-state index contributed by atoms with van der Waals surface area (Å²) in [5, 5.41) is 11.9. The second kappa shape index (κ2) is 7.94. The highest BCUT2D eigenvalue weighted by atomic mass is 32.2. The molecule has 2 aromatic rings. The number of carbonyl (C=O) groups is 1. The number of thioether (sulfide) groups is 1. The lowest BCUT2D eigenvalue weighted by atomic mass is 10.0. The van der Waals surface area contributed by atoms with Gasteiger partial charge in [0.1, 0.15) is 5.82 Å². The molecule has 0 spiro atoms. The van der Waals surface area contributed by atoms with Crippen molar-refractivity contribution < 1.29 is 9.18 Å². The largest absolute Gasteiger partial charge is 0.339 e. The van der Waals surface area contributed by atoms with E-state index in [4.69, 9.17) is 0 Å². The lowest BCUT2D eigenvalue weighted by Gasteiger charge is -2.33. The van der Waals surface area contributed by atoms with E-state index in [2.05, 4.69) is 22.4 Å². The number of aromatic nitrogens is 2. The Morgan fingerprint density at radius 2 is 2.17 bits per heavy atom. The molecule has 1 amide bonds. The van der Waals surface area contributed by atoms with E-state index in [1.54, 1.807) is 12.1 Å². The van der Waals surface area contributed by atoms with Gasteiger partial charge in [0, 0.05) is 18.3 Å². The molecule has 1 aromatic heterocycles. The summed E-state index contributed by atoms with van der Waals surface area (Å²) in [6, 6.07) is 6.39. The van der Waals surface area contributed by atoms with Crippen molar-refractivity contribution in [2.75, 3.05) is 17.6 Å². The van der Waals surface area contributed by atoms with Gasteiger partial charge in [-0.1, -0.05) is 23.1 Å². The lowest BCUT2D eigenvalue weighted by molar-refractivity contribution is -0.131. The average Bonchev–Trinajstić information content (AvgIpc) is 3.03. The molecule has 1 aliphatic heterocycles. The van der Waals surface area contributed by atoms with Crippen LogP contribution in [0.5, 0.6) is 0 Å². The number of rotatable bonds is 5. The first-order valence-corrected chi connectivity index (χ1v) is 9.70. The minimum atomic E-state index is -0.278. The van der Waals surface area contributed by atoms with Gasteiger partial charge in [0.2, 0.25) is 11.0 Å². The molecule has 128 valence electrons. The first-order valence-electron chi connectivity index (χ1n) is 7.90. The summed E-state index contributed by atoms with van der Waals surface area (Å²) in [7, 11) is 0. The fourth-order valence-corrected chi connectivity index (χ4v) is 4.31. The Morgan fingerprint density at radius 3 is 2.92 bits per heavy atom. The van der Waals surface area contributed by atoms with E-state index in [0.29, 0.717) is 16.9 Å². The Hall–Kier alpha value is -1.67. The van der Waals surface area contributed by atoms with Crippen molar-refractivity contribution in [3.8, 4) is 0 Å². The zero-order valence-electron chi connectivity index (χ0n) is 13.4. The van der Waals surface area contributed by atoms with Crippen LogP contribution in [0.2, 0.25) is 0 Å². The second-order valence-electron chi connectivity index (χ2n) is 5.73. The summed E-state index contributed by atoms with van der Waals surface area (Å²) >= 11 is 2.80. The number of nitrogens with zero attached hydrogens (tertiary/aromatic N) is 3. The molecule has 1 fully saturated rings. The fourth-order valence-electron chi connectivity index (χ4n) is 2.65. The van der Waals surface area contributed by atoms with Crippen LogP contribution in [0.4, 0.5) is 15.2 Å². The van der Waals surface area contributed by atoms with Crippen molar-refractivity contribution in [3.05, 3.63) is 30.1 Å². The molecule has 0 saturated carbocycles. The molecule has 0 unspecified atom stereocenters. The van der Waals surface area contributed by atoms with E-state index in [9.17, 15) is 9.18 Å². The molecular weight excluding hydrogens is 347 g/mol. The number of piperidine rings is 1. The number of likely N-dealkylation sites (tertiary alicyclic amines) is 1. The third-order valence-electron chi connectivity index (χ3n) is 3.94. The second-order valence-corrected chi connectivity index (χ2v) is 7.93. The Balaban J connectivity index is 1.52. The fraction of sp³-hybridized carbons (Fsp3) is 0.438. The molecule has 0 radical (unpaired) electrons. The summed E-state index contributed by atoms with van der Waals surface area (Å²) in [6.45, 7) is 2.96. The normalized spacial score (nSPS) is 17.8. The van der Waals surface area contributed by atoms with Crippen LogP contribution in [0.3, 0.4) is 0 Å². The molecule has 2 heterocycles. The van der Waals surface area contributed by atoms with Crippen LogP contribution >= 0.6 is 23.1 Å². The van der Waals surface area contributed by atoms with Gasteiger partial charge in [0.25, 0.3) is 0 Å². The van der Waals surface area contributed by atoms with Crippen molar-refractivity contribution in [2.24, 2.45) is 0 Å². The Bertz CT molecular complexity index is 692. The molecule has 5 nitrogen and oxygen atoms in total. The van der Waals surface area contributed by atoms with Crippen LogP contribution in [-0.2, 0) is 4.79 Å². The Kier molecular flexibility index (Phi) is 5.68. The minimum absolute atomic E-state index is 0.162. The summed E-state index contributed by atoms with van der Waals surface area (Å²) in [4.78, 5) is 14.3. The maximum Gasteiger partial charge on any atom is 0.233 e. The number of nitrogens with one attached hydrogen (secondary N) is 1. The lowest BCUT2D eigenvalue weighted by Crippen LogP contribution is -2.42. The molecule has 1 aliphatic rings. The van der Waals surface area contributed by atoms with Crippen LogP contribution in [0, 0.1) is 5.82 Å². The molecule has 0 bridgehead atoms. The quantitative estimate of drug-likeness (QED) is 0.813. The minimum Gasteiger partial charge on any atom is -0.339 e. The first-order chi connectivity index (χ1) is 11.6. The maximum atomic E-state index is 12.9. The number of anilines is 2. The van der Waals surface area contributed by atoms with E-state index in [-0.39, 0.29) is 11.7 Å². The molecule has 1 N–H and O–H groups in total. The van der Waals surface area contributed by atoms with Crippen LogP contribution in [0.15, 0.2) is 28.6 Å². The Labute approximate surface area is 148 Å². The van der Waals surface area contributed by atoms with Gasteiger partial charge in [-0.25, -0.2) is 4.39 Å². The van der Waals surface area contributed by atoms with Gasteiger partial charge in [0.15, 0.2) is 4.34 Å².